The molecule has 0 saturated carbocycles. The van der Waals surface area contributed by atoms with Crippen LogP contribution in [0.25, 0.3) is 99.9 Å². The molecule has 0 aliphatic heterocycles. The smallest absolute Gasteiger partial charge is 0.235 e. The summed E-state index contributed by atoms with van der Waals surface area (Å²) in [4.78, 5) is 14.6. The zero-order valence-electron chi connectivity index (χ0n) is 32.1. The molecule has 0 atom stereocenters. The molecule has 0 spiro atoms. The number of rotatable bonds is 6. The normalized spacial score (nSPS) is 11.6. The number of aromatic nitrogens is 5. The lowest BCUT2D eigenvalue weighted by Crippen LogP contribution is -2.01. The molecule has 7 aromatic carbocycles. The Balaban J connectivity index is 1.01. The zero-order valence-corrected chi connectivity index (χ0v) is 32.1. The molecule has 0 bridgehead atoms. The molecular formula is C53H37N5. The minimum atomic E-state index is 0.633. The standard InChI is InChI=1S/C53H37N5/c1-34-25-35(2)27-43(26-34)57-49-17-8-6-15-44(49)46-21-19-39(31-52(46)57)38-20-22-51-47(30-38)45-16-7-9-18-50(45)58(51)53-55-24-23-48(56-53)40-14-10-13-37(28-40)42-29-41(32-54-33-42)36-11-4-3-5-12-36/h3-33H,1-2H3. The molecule has 4 heterocycles. The quantitative estimate of drug-likeness (QED) is 0.170. The largest absolute Gasteiger partial charge is 0.309 e. The molecule has 0 aliphatic carbocycles. The van der Waals surface area contributed by atoms with Crippen LogP contribution in [-0.2, 0) is 0 Å². The summed E-state index contributed by atoms with van der Waals surface area (Å²) < 4.78 is 4.60. The van der Waals surface area contributed by atoms with Crippen LogP contribution in [0.1, 0.15) is 11.1 Å². The van der Waals surface area contributed by atoms with Crippen molar-refractivity contribution in [3.63, 3.8) is 0 Å². The van der Waals surface area contributed by atoms with Crippen LogP contribution in [0.3, 0.4) is 0 Å². The van der Waals surface area contributed by atoms with Gasteiger partial charge in [0, 0.05) is 62.5 Å². The van der Waals surface area contributed by atoms with Crippen molar-refractivity contribution in [1.29, 1.82) is 0 Å². The van der Waals surface area contributed by atoms with E-state index in [1.54, 1.807) is 0 Å². The van der Waals surface area contributed by atoms with Gasteiger partial charge in [-0.25, -0.2) is 9.97 Å². The Labute approximate surface area is 336 Å². The summed E-state index contributed by atoms with van der Waals surface area (Å²) in [5.41, 5.74) is 16.8. The van der Waals surface area contributed by atoms with E-state index >= 15 is 0 Å². The van der Waals surface area contributed by atoms with Crippen LogP contribution >= 0.6 is 0 Å². The number of benzene rings is 7. The molecule has 0 amide bonds. The van der Waals surface area contributed by atoms with E-state index in [0.717, 1.165) is 60.9 Å². The van der Waals surface area contributed by atoms with E-state index in [4.69, 9.17) is 9.97 Å². The summed E-state index contributed by atoms with van der Waals surface area (Å²) in [6, 6.07) is 60.8. The highest BCUT2D eigenvalue weighted by atomic mass is 15.2. The molecule has 0 unspecified atom stereocenters. The number of nitrogens with zero attached hydrogens (tertiary/aromatic N) is 5. The first kappa shape index (κ1) is 33.7. The first-order valence-corrected chi connectivity index (χ1v) is 19.7. The third-order valence-corrected chi connectivity index (χ3v) is 11.3. The highest BCUT2D eigenvalue weighted by Gasteiger charge is 2.18. The van der Waals surface area contributed by atoms with Crippen LogP contribution in [0.4, 0.5) is 0 Å². The van der Waals surface area contributed by atoms with Gasteiger partial charge in [0.25, 0.3) is 0 Å². The summed E-state index contributed by atoms with van der Waals surface area (Å²) in [5.74, 6) is 0.633. The Kier molecular flexibility index (Phi) is 7.86. The van der Waals surface area contributed by atoms with E-state index < -0.39 is 0 Å². The summed E-state index contributed by atoms with van der Waals surface area (Å²) in [7, 11) is 0. The van der Waals surface area contributed by atoms with Crippen molar-refractivity contribution < 1.29 is 0 Å². The molecule has 274 valence electrons. The molecule has 0 N–H and O–H groups in total. The van der Waals surface area contributed by atoms with Gasteiger partial charge in [0.05, 0.1) is 27.8 Å². The molecule has 58 heavy (non-hydrogen) atoms. The Morgan fingerprint density at radius 2 is 0.966 bits per heavy atom. The van der Waals surface area contributed by atoms with Gasteiger partial charge in [-0.1, -0.05) is 109 Å². The second kappa shape index (κ2) is 13.5. The number of fused-ring (bicyclic) bond motifs is 6. The molecule has 0 saturated heterocycles. The number of para-hydroxylation sites is 2. The van der Waals surface area contributed by atoms with Gasteiger partial charge in [0.1, 0.15) is 0 Å². The van der Waals surface area contributed by atoms with Crippen molar-refractivity contribution >= 4 is 43.6 Å². The van der Waals surface area contributed by atoms with Gasteiger partial charge in [-0.05, 0) is 108 Å². The van der Waals surface area contributed by atoms with Gasteiger partial charge >= 0.3 is 0 Å². The van der Waals surface area contributed by atoms with E-state index in [1.165, 1.54) is 44.2 Å². The van der Waals surface area contributed by atoms with Gasteiger partial charge < -0.3 is 4.57 Å². The van der Waals surface area contributed by atoms with Crippen LogP contribution in [0.5, 0.6) is 0 Å². The maximum absolute atomic E-state index is 5.21. The summed E-state index contributed by atoms with van der Waals surface area (Å²) in [6.07, 6.45) is 5.70. The number of hydrogen-bond donors (Lipinski definition) is 0. The van der Waals surface area contributed by atoms with Crippen molar-refractivity contribution in [3.8, 4) is 56.3 Å². The fourth-order valence-electron chi connectivity index (χ4n) is 8.74. The van der Waals surface area contributed by atoms with Crippen LogP contribution < -0.4 is 0 Å². The van der Waals surface area contributed by atoms with Crippen molar-refractivity contribution in [1.82, 2.24) is 24.1 Å². The minimum absolute atomic E-state index is 0.633. The SMILES string of the molecule is Cc1cc(C)cc(-n2c3ccccc3c3ccc(-c4ccc5c(c4)c4ccccc4n5-c4nccc(-c5cccc(-c6cncc(-c7ccccc7)c6)c5)n4)cc32)c1. The fraction of sp³-hybridized carbons (Fsp3) is 0.0377. The molecule has 0 radical (unpaired) electrons. The molecule has 0 aliphatic rings. The van der Waals surface area contributed by atoms with Crippen molar-refractivity contribution in [2.45, 2.75) is 13.8 Å². The lowest BCUT2D eigenvalue weighted by Gasteiger charge is -2.11. The Morgan fingerprint density at radius 3 is 1.78 bits per heavy atom. The van der Waals surface area contributed by atoms with Crippen molar-refractivity contribution in [2.24, 2.45) is 0 Å². The first-order valence-electron chi connectivity index (χ1n) is 19.7. The molecular weight excluding hydrogens is 707 g/mol. The summed E-state index contributed by atoms with van der Waals surface area (Å²) in [6.45, 7) is 4.34. The van der Waals surface area contributed by atoms with Crippen molar-refractivity contribution in [2.75, 3.05) is 0 Å². The van der Waals surface area contributed by atoms with Gasteiger partial charge in [0.2, 0.25) is 5.95 Å². The van der Waals surface area contributed by atoms with Gasteiger partial charge in [-0.3, -0.25) is 9.55 Å². The van der Waals surface area contributed by atoms with Crippen LogP contribution in [-0.4, -0.2) is 24.1 Å². The second-order valence-electron chi connectivity index (χ2n) is 15.2. The molecule has 5 nitrogen and oxygen atoms in total. The van der Waals surface area contributed by atoms with E-state index in [1.807, 2.05) is 30.7 Å². The van der Waals surface area contributed by atoms with E-state index in [9.17, 15) is 0 Å². The molecule has 4 aromatic heterocycles. The maximum atomic E-state index is 5.21. The second-order valence-corrected chi connectivity index (χ2v) is 15.2. The Hall–Kier alpha value is -7.63. The number of hydrogen-bond acceptors (Lipinski definition) is 3. The fourth-order valence-corrected chi connectivity index (χ4v) is 8.74. The van der Waals surface area contributed by atoms with E-state index in [-0.39, 0.29) is 0 Å². The van der Waals surface area contributed by atoms with E-state index in [2.05, 4.69) is 186 Å². The molecule has 11 rings (SSSR count). The molecule has 0 fully saturated rings. The monoisotopic (exact) mass is 743 g/mol. The summed E-state index contributed by atoms with van der Waals surface area (Å²) in [5, 5.41) is 4.82. The summed E-state index contributed by atoms with van der Waals surface area (Å²) >= 11 is 0. The average molecular weight is 744 g/mol. The molecule has 5 heteroatoms. The highest BCUT2D eigenvalue weighted by Crippen LogP contribution is 2.38. The topological polar surface area (TPSA) is 48.5 Å². The predicted molar refractivity (Wildman–Crippen MR) is 240 cm³/mol. The minimum Gasteiger partial charge on any atom is -0.309 e. The maximum Gasteiger partial charge on any atom is 0.235 e. The lowest BCUT2D eigenvalue weighted by atomic mass is 10.00. The van der Waals surface area contributed by atoms with Crippen LogP contribution in [0, 0.1) is 13.8 Å². The third kappa shape index (κ3) is 5.67. The third-order valence-electron chi connectivity index (χ3n) is 11.3. The highest BCUT2D eigenvalue weighted by molar-refractivity contribution is 6.12. The van der Waals surface area contributed by atoms with Crippen LogP contribution in [0.2, 0.25) is 0 Å². The number of aryl methyl sites for hydroxylation is 2. The molecule has 11 aromatic rings. The Bertz CT molecular complexity index is 3350. The van der Waals surface area contributed by atoms with Gasteiger partial charge in [-0.2, -0.15) is 0 Å². The zero-order chi connectivity index (χ0) is 38.7. The average Bonchev–Trinajstić information content (AvgIpc) is 3.79. The first-order chi connectivity index (χ1) is 28.6. The van der Waals surface area contributed by atoms with Gasteiger partial charge in [0.15, 0.2) is 0 Å². The lowest BCUT2D eigenvalue weighted by molar-refractivity contribution is 0.992. The van der Waals surface area contributed by atoms with Crippen LogP contribution in [0.15, 0.2) is 188 Å². The predicted octanol–water partition coefficient (Wildman–Crippen LogP) is 13.4. The van der Waals surface area contributed by atoms with Crippen molar-refractivity contribution in [3.05, 3.63) is 200 Å². The van der Waals surface area contributed by atoms with Gasteiger partial charge in [-0.15, -0.1) is 0 Å². The van der Waals surface area contributed by atoms with E-state index in [0.29, 0.717) is 5.95 Å². The number of pyridine rings is 1. The Morgan fingerprint density at radius 1 is 0.379 bits per heavy atom.